The monoisotopic (exact) mass is 254 g/mol. The fraction of sp³-hybridized carbons (Fsp3) is 0.929. The molecular weight excluding hydrogens is 228 g/mol. The average molecular weight is 254 g/mol. The van der Waals surface area contributed by atoms with Gasteiger partial charge in [-0.05, 0) is 46.6 Å². The van der Waals surface area contributed by atoms with E-state index >= 15 is 0 Å². The van der Waals surface area contributed by atoms with Crippen LogP contribution in [0.2, 0.25) is 0 Å². The zero-order valence-corrected chi connectivity index (χ0v) is 11.8. The van der Waals surface area contributed by atoms with E-state index in [0.29, 0.717) is 6.04 Å². The molecular formula is C14H26N2O2. The summed E-state index contributed by atoms with van der Waals surface area (Å²) >= 11 is 0. The van der Waals surface area contributed by atoms with Crippen LogP contribution < -0.4 is 10.6 Å². The van der Waals surface area contributed by atoms with Crippen molar-refractivity contribution < 1.29 is 9.53 Å². The van der Waals surface area contributed by atoms with Crippen LogP contribution in [0, 0.1) is 0 Å². The molecule has 0 radical (unpaired) electrons. The molecule has 2 aliphatic rings. The van der Waals surface area contributed by atoms with Gasteiger partial charge >= 0.3 is 6.09 Å². The second-order valence-corrected chi connectivity index (χ2v) is 6.64. The lowest BCUT2D eigenvalue weighted by Gasteiger charge is -2.48. The van der Waals surface area contributed by atoms with Gasteiger partial charge in [-0.1, -0.05) is 19.3 Å². The van der Waals surface area contributed by atoms with Gasteiger partial charge in [-0.2, -0.15) is 0 Å². The summed E-state index contributed by atoms with van der Waals surface area (Å²) in [4.78, 5) is 12.0. The molecule has 1 aliphatic heterocycles. The molecule has 1 saturated carbocycles. The number of amides is 1. The summed E-state index contributed by atoms with van der Waals surface area (Å²) in [5.74, 6) is 0. The van der Waals surface area contributed by atoms with E-state index in [4.69, 9.17) is 4.74 Å². The highest BCUT2D eigenvalue weighted by Gasteiger charge is 2.44. The van der Waals surface area contributed by atoms with Gasteiger partial charge in [0, 0.05) is 6.04 Å². The molecule has 1 saturated heterocycles. The minimum Gasteiger partial charge on any atom is -0.444 e. The topological polar surface area (TPSA) is 50.4 Å². The first-order valence-corrected chi connectivity index (χ1v) is 7.16. The predicted molar refractivity (Wildman–Crippen MR) is 71.6 cm³/mol. The van der Waals surface area contributed by atoms with Crippen LogP contribution in [-0.2, 0) is 4.74 Å². The summed E-state index contributed by atoms with van der Waals surface area (Å²) in [6, 6.07) is 0.435. The molecule has 18 heavy (non-hydrogen) atoms. The third kappa shape index (κ3) is 3.16. The first-order valence-electron chi connectivity index (χ1n) is 7.16. The van der Waals surface area contributed by atoms with E-state index in [1.807, 2.05) is 20.8 Å². The Hall–Kier alpha value is -0.770. The minimum absolute atomic E-state index is 0.0706. The molecule has 2 rings (SSSR count). The molecule has 0 bridgehead atoms. The minimum atomic E-state index is -0.424. The number of carbonyl (C=O) groups excluding carboxylic acids is 1. The van der Waals surface area contributed by atoms with Gasteiger partial charge in [0.15, 0.2) is 0 Å². The lowest BCUT2D eigenvalue weighted by atomic mass is 9.73. The fourth-order valence-corrected chi connectivity index (χ4v) is 3.01. The average Bonchev–Trinajstić information content (AvgIpc) is 2.11. The molecule has 2 fully saturated rings. The van der Waals surface area contributed by atoms with Gasteiger partial charge in [-0.25, -0.2) is 4.79 Å². The zero-order chi connectivity index (χ0) is 13.2. The van der Waals surface area contributed by atoms with E-state index in [-0.39, 0.29) is 11.6 Å². The second-order valence-electron chi connectivity index (χ2n) is 6.64. The smallest absolute Gasteiger partial charge is 0.408 e. The van der Waals surface area contributed by atoms with E-state index in [9.17, 15) is 4.79 Å². The van der Waals surface area contributed by atoms with Crippen molar-refractivity contribution in [1.82, 2.24) is 10.6 Å². The summed E-state index contributed by atoms with van der Waals surface area (Å²) in [6.07, 6.45) is 6.73. The van der Waals surface area contributed by atoms with Crippen molar-refractivity contribution in [3.05, 3.63) is 0 Å². The number of hydrogen-bond acceptors (Lipinski definition) is 3. The second kappa shape index (κ2) is 5.08. The number of alkyl carbamates (subject to hydrolysis) is 1. The molecule has 1 unspecified atom stereocenters. The van der Waals surface area contributed by atoms with Crippen LogP contribution >= 0.6 is 0 Å². The van der Waals surface area contributed by atoms with Crippen molar-refractivity contribution in [2.24, 2.45) is 0 Å². The Bertz CT molecular complexity index is 299. The van der Waals surface area contributed by atoms with E-state index < -0.39 is 5.60 Å². The Labute approximate surface area is 110 Å². The van der Waals surface area contributed by atoms with Crippen molar-refractivity contribution in [2.75, 3.05) is 6.54 Å². The van der Waals surface area contributed by atoms with Crippen LogP contribution in [0.25, 0.3) is 0 Å². The van der Waals surface area contributed by atoms with Gasteiger partial charge in [-0.3, -0.25) is 0 Å². The number of hydrogen-bond donors (Lipinski definition) is 2. The molecule has 104 valence electrons. The molecule has 0 aromatic heterocycles. The Morgan fingerprint density at radius 1 is 1.28 bits per heavy atom. The number of carbonyl (C=O) groups is 1. The van der Waals surface area contributed by atoms with Crippen molar-refractivity contribution in [1.29, 1.82) is 0 Å². The highest BCUT2D eigenvalue weighted by molar-refractivity contribution is 5.69. The standard InChI is InChI=1S/C14H26N2O2/c1-13(2,3)18-12(17)16-14(11-7-10-15-11)8-5-4-6-9-14/h11,15H,4-10H2,1-3H3,(H,16,17). The van der Waals surface area contributed by atoms with Crippen LogP contribution in [0.3, 0.4) is 0 Å². The highest BCUT2D eigenvalue weighted by Crippen LogP contribution is 2.34. The highest BCUT2D eigenvalue weighted by atomic mass is 16.6. The van der Waals surface area contributed by atoms with E-state index in [1.165, 1.54) is 19.3 Å². The van der Waals surface area contributed by atoms with Crippen molar-refractivity contribution >= 4 is 6.09 Å². The predicted octanol–water partition coefficient (Wildman–Crippen LogP) is 2.58. The maximum atomic E-state index is 12.0. The van der Waals surface area contributed by atoms with Crippen molar-refractivity contribution in [3.8, 4) is 0 Å². The van der Waals surface area contributed by atoms with E-state index in [0.717, 1.165) is 25.8 Å². The van der Waals surface area contributed by atoms with E-state index in [1.54, 1.807) is 0 Å². The summed E-state index contributed by atoms with van der Waals surface area (Å²) in [6.45, 7) is 6.79. The van der Waals surface area contributed by atoms with Gasteiger partial charge in [0.05, 0.1) is 5.54 Å². The third-order valence-corrected chi connectivity index (χ3v) is 3.99. The Balaban J connectivity index is 1.98. The molecule has 2 N–H and O–H groups in total. The molecule has 0 spiro atoms. The first-order chi connectivity index (χ1) is 8.41. The summed E-state index contributed by atoms with van der Waals surface area (Å²) in [5, 5.41) is 6.62. The van der Waals surface area contributed by atoms with Crippen LogP contribution in [0.5, 0.6) is 0 Å². The number of nitrogens with one attached hydrogen (secondary N) is 2. The lowest BCUT2D eigenvalue weighted by Crippen LogP contribution is -2.67. The maximum absolute atomic E-state index is 12.0. The molecule has 1 aliphatic carbocycles. The summed E-state index contributed by atoms with van der Waals surface area (Å²) in [5.41, 5.74) is -0.494. The Morgan fingerprint density at radius 2 is 1.89 bits per heavy atom. The summed E-state index contributed by atoms with van der Waals surface area (Å²) in [7, 11) is 0. The summed E-state index contributed by atoms with van der Waals surface area (Å²) < 4.78 is 5.41. The van der Waals surface area contributed by atoms with Crippen LogP contribution in [-0.4, -0.2) is 29.8 Å². The maximum Gasteiger partial charge on any atom is 0.408 e. The van der Waals surface area contributed by atoms with Crippen LogP contribution in [0.1, 0.15) is 59.3 Å². The first kappa shape index (κ1) is 13.7. The molecule has 1 amide bonds. The molecule has 4 heteroatoms. The van der Waals surface area contributed by atoms with E-state index in [2.05, 4.69) is 10.6 Å². The third-order valence-electron chi connectivity index (χ3n) is 3.99. The Morgan fingerprint density at radius 3 is 2.33 bits per heavy atom. The van der Waals surface area contributed by atoms with Gasteiger partial charge in [0.1, 0.15) is 5.60 Å². The molecule has 1 heterocycles. The fourth-order valence-electron chi connectivity index (χ4n) is 3.01. The molecule has 4 nitrogen and oxygen atoms in total. The zero-order valence-electron chi connectivity index (χ0n) is 11.8. The van der Waals surface area contributed by atoms with Gasteiger partial charge in [-0.15, -0.1) is 0 Å². The van der Waals surface area contributed by atoms with Crippen molar-refractivity contribution in [2.45, 2.75) is 76.5 Å². The quantitative estimate of drug-likeness (QED) is 0.796. The molecule has 0 aromatic carbocycles. The normalized spacial score (nSPS) is 27.2. The van der Waals surface area contributed by atoms with Crippen molar-refractivity contribution in [3.63, 3.8) is 0 Å². The lowest BCUT2D eigenvalue weighted by molar-refractivity contribution is 0.0336. The van der Waals surface area contributed by atoms with Gasteiger partial charge in [0.25, 0.3) is 0 Å². The van der Waals surface area contributed by atoms with Crippen LogP contribution in [0.15, 0.2) is 0 Å². The Kier molecular flexibility index (Phi) is 3.85. The van der Waals surface area contributed by atoms with Gasteiger partial charge < -0.3 is 15.4 Å². The largest absolute Gasteiger partial charge is 0.444 e. The molecule has 1 atom stereocenters. The number of ether oxygens (including phenoxy) is 1. The van der Waals surface area contributed by atoms with Gasteiger partial charge in [0.2, 0.25) is 0 Å². The number of rotatable bonds is 2. The van der Waals surface area contributed by atoms with Crippen LogP contribution in [0.4, 0.5) is 4.79 Å². The SMILES string of the molecule is CC(C)(C)OC(=O)NC1(C2CCN2)CCCCC1. The molecule has 0 aromatic rings.